The molecule has 0 radical (unpaired) electrons. The highest BCUT2D eigenvalue weighted by Gasteiger charge is 2.22. The fraction of sp³-hybridized carbons (Fsp3) is 0. The van der Waals surface area contributed by atoms with Crippen LogP contribution in [0, 0.1) is 0 Å². The summed E-state index contributed by atoms with van der Waals surface area (Å²) >= 11 is 0. The van der Waals surface area contributed by atoms with Gasteiger partial charge >= 0.3 is 0 Å². The molecule has 5 nitrogen and oxygen atoms in total. The first-order valence-corrected chi connectivity index (χ1v) is 18.7. The molecule has 0 aliphatic heterocycles. The Balaban J connectivity index is 1.15. The van der Waals surface area contributed by atoms with Crippen LogP contribution in [0.2, 0.25) is 0 Å². The molecule has 0 saturated heterocycles. The molecule has 8 aromatic carbocycles. The van der Waals surface area contributed by atoms with Gasteiger partial charge in [0.1, 0.15) is 22.3 Å². The lowest BCUT2D eigenvalue weighted by Gasteiger charge is -2.13. The maximum Gasteiger partial charge on any atom is 0.167 e. The molecule has 262 valence electrons. The predicted octanol–water partition coefficient (Wildman–Crippen LogP) is 13.7. The summed E-state index contributed by atoms with van der Waals surface area (Å²) in [5.41, 5.74) is 12.4. The van der Waals surface area contributed by atoms with Crippen molar-refractivity contribution in [3.63, 3.8) is 0 Å². The van der Waals surface area contributed by atoms with Crippen molar-refractivity contribution in [1.82, 2.24) is 15.0 Å². The number of hydrogen-bond acceptors (Lipinski definition) is 5. The average Bonchev–Trinajstić information content (AvgIpc) is 3.85. The van der Waals surface area contributed by atoms with Gasteiger partial charge in [0.15, 0.2) is 17.5 Å². The molecule has 0 unspecified atom stereocenters. The molecule has 0 aliphatic carbocycles. The van der Waals surface area contributed by atoms with E-state index in [0.717, 1.165) is 93.9 Å². The van der Waals surface area contributed by atoms with E-state index in [1.54, 1.807) is 0 Å². The Kier molecular flexibility index (Phi) is 7.42. The molecular formula is C51H31N3O2. The molecule has 0 fully saturated rings. The van der Waals surface area contributed by atoms with Crippen molar-refractivity contribution in [2.75, 3.05) is 0 Å². The molecule has 0 amide bonds. The Morgan fingerprint density at radius 3 is 1.46 bits per heavy atom. The summed E-state index contributed by atoms with van der Waals surface area (Å²) in [6.45, 7) is 0. The molecular weight excluding hydrogens is 687 g/mol. The van der Waals surface area contributed by atoms with Crippen LogP contribution < -0.4 is 0 Å². The first-order chi connectivity index (χ1) is 27.7. The van der Waals surface area contributed by atoms with Gasteiger partial charge in [0.05, 0.1) is 5.56 Å². The second-order valence-electron chi connectivity index (χ2n) is 14.0. The van der Waals surface area contributed by atoms with Crippen molar-refractivity contribution in [2.24, 2.45) is 0 Å². The monoisotopic (exact) mass is 717 g/mol. The molecule has 0 N–H and O–H groups in total. The Hall–Kier alpha value is -7.63. The van der Waals surface area contributed by atoms with Crippen LogP contribution in [0.1, 0.15) is 0 Å². The number of hydrogen-bond donors (Lipinski definition) is 0. The number of fused-ring (bicyclic) bond motifs is 6. The molecule has 5 heteroatoms. The number of furan rings is 2. The van der Waals surface area contributed by atoms with Crippen LogP contribution in [0.25, 0.3) is 111 Å². The second kappa shape index (κ2) is 13.0. The van der Waals surface area contributed by atoms with Crippen molar-refractivity contribution in [2.45, 2.75) is 0 Å². The van der Waals surface area contributed by atoms with E-state index in [1.807, 2.05) is 72.8 Å². The van der Waals surface area contributed by atoms with Gasteiger partial charge in [0, 0.05) is 32.7 Å². The first-order valence-electron chi connectivity index (χ1n) is 18.7. The van der Waals surface area contributed by atoms with Crippen molar-refractivity contribution in [1.29, 1.82) is 0 Å². The van der Waals surface area contributed by atoms with E-state index in [9.17, 15) is 0 Å². The van der Waals surface area contributed by atoms with Crippen LogP contribution in [-0.4, -0.2) is 15.0 Å². The Morgan fingerprint density at radius 2 is 0.786 bits per heavy atom. The Morgan fingerprint density at radius 1 is 0.286 bits per heavy atom. The van der Waals surface area contributed by atoms with Gasteiger partial charge < -0.3 is 8.83 Å². The zero-order valence-electron chi connectivity index (χ0n) is 30.1. The minimum Gasteiger partial charge on any atom is -0.456 e. The highest BCUT2D eigenvalue weighted by molar-refractivity contribution is 6.17. The van der Waals surface area contributed by atoms with E-state index in [1.165, 1.54) is 0 Å². The quantitative estimate of drug-likeness (QED) is 0.171. The Labute approximate surface area is 322 Å². The van der Waals surface area contributed by atoms with Gasteiger partial charge in [-0.2, -0.15) is 0 Å². The van der Waals surface area contributed by atoms with Gasteiger partial charge in [0.2, 0.25) is 0 Å². The molecule has 56 heavy (non-hydrogen) atoms. The van der Waals surface area contributed by atoms with Crippen LogP contribution in [0.5, 0.6) is 0 Å². The van der Waals surface area contributed by atoms with Crippen LogP contribution in [0.3, 0.4) is 0 Å². The molecule has 0 aliphatic rings. The number of nitrogens with zero attached hydrogens (tertiary/aromatic N) is 3. The fourth-order valence-electron chi connectivity index (χ4n) is 7.83. The summed E-state index contributed by atoms with van der Waals surface area (Å²) in [6, 6.07) is 64.6. The molecule has 0 saturated carbocycles. The largest absolute Gasteiger partial charge is 0.456 e. The second-order valence-corrected chi connectivity index (χ2v) is 14.0. The maximum absolute atomic E-state index is 6.77. The Bertz CT molecular complexity index is 3180. The van der Waals surface area contributed by atoms with E-state index < -0.39 is 0 Å². The van der Waals surface area contributed by atoms with E-state index in [2.05, 4.69) is 115 Å². The molecule has 3 aromatic heterocycles. The van der Waals surface area contributed by atoms with Crippen molar-refractivity contribution < 1.29 is 8.83 Å². The van der Waals surface area contributed by atoms with Crippen molar-refractivity contribution in [3.05, 3.63) is 188 Å². The van der Waals surface area contributed by atoms with Gasteiger partial charge in [-0.1, -0.05) is 140 Å². The van der Waals surface area contributed by atoms with E-state index in [0.29, 0.717) is 17.5 Å². The van der Waals surface area contributed by atoms with Crippen molar-refractivity contribution in [3.8, 4) is 67.5 Å². The van der Waals surface area contributed by atoms with Gasteiger partial charge in [-0.25, -0.2) is 15.0 Å². The zero-order valence-corrected chi connectivity index (χ0v) is 30.1. The summed E-state index contributed by atoms with van der Waals surface area (Å²) < 4.78 is 13.0. The highest BCUT2D eigenvalue weighted by Crippen LogP contribution is 2.43. The summed E-state index contributed by atoms with van der Waals surface area (Å²) in [7, 11) is 0. The SMILES string of the molecule is c1ccc(-c2cc(-c3ccccc3)cc(-c3nc(-c4ccccc4)nc(-c4ccc(-c5ccc6oc7ccccc7c6c5)c5c4oc4ccccc45)n3)c2)cc1. The molecule has 0 bridgehead atoms. The minimum absolute atomic E-state index is 0.534. The number of para-hydroxylation sites is 2. The molecule has 3 heterocycles. The van der Waals surface area contributed by atoms with Crippen LogP contribution in [0.15, 0.2) is 197 Å². The third-order valence-electron chi connectivity index (χ3n) is 10.5. The van der Waals surface area contributed by atoms with Gasteiger partial charge in [-0.05, 0) is 81.9 Å². The normalized spacial score (nSPS) is 11.6. The van der Waals surface area contributed by atoms with E-state index in [4.69, 9.17) is 23.8 Å². The molecule has 0 atom stereocenters. The van der Waals surface area contributed by atoms with Gasteiger partial charge in [0.25, 0.3) is 0 Å². The van der Waals surface area contributed by atoms with Crippen molar-refractivity contribution >= 4 is 43.9 Å². The highest BCUT2D eigenvalue weighted by atomic mass is 16.3. The third-order valence-corrected chi connectivity index (χ3v) is 10.5. The predicted molar refractivity (Wildman–Crippen MR) is 227 cm³/mol. The summed E-state index contributed by atoms with van der Waals surface area (Å²) in [5, 5.41) is 4.19. The number of rotatable bonds is 6. The van der Waals surface area contributed by atoms with E-state index >= 15 is 0 Å². The molecule has 0 spiro atoms. The summed E-state index contributed by atoms with van der Waals surface area (Å²) in [5.74, 6) is 1.70. The average molecular weight is 718 g/mol. The topological polar surface area (TPSA) is 65.0 Å². The van der Waals surface area contributed by atoms with Crippen LogP contribution in [-0.2, 0) is 0 Å². The zero-order chi connectivity index (χ0) is 37.0. The standard InChI is InChI=1S/C51H31N3O2/c1-4-14-32(15-5-1)36-28-37(33-16-6-2-7-17-33)30-38(29-36)50-52-49(34-18-8-3-9-19-34)53-51(54-50)42-26-25-39(47-41-21-11-13-23-45(41)56-48(42)47)35-24-27-46-43(31-35)40-20-10-12-22-44(40)55-46/h1-31H. The third kappa shape index (κ3) is 5.45. The van der Waals surface area contributed by atoms with Gasteiger partial charge in [-0.15, -0.1) is 0 Å². The lowest BCUT2D eigenvalue weighted by Crippen LogP contribution is -2.01. The van der Waals surface area contributed by atoms with Crippen LogP contribution >= 0.6 is 0 Å². The fourth-order valence-corrected chi connectivity index (χ4v) is 7.83. The van der Waals surface area contributed by atoms with E-state index in [-0.39, 0.29) is 0 Å². The summed E-state index contributed by atoms with van der Waals surface area (Å²) in [4.78, 5) is 15.6. The lowest BCUT2D eigenvalue weighted by atomic mass is 9.95. The minimum atomic E-state index is 0.534. The molecule has 11 aromatic rings. The van der Waals surface area contributed by atoms with Gasteiger partial charge in [-0.3, -0.25) is 0 Å². The summed E-state index contributed by atoms with van der Waals surface area (Å²) in [6.07, 6.45) is 0. The van der Waals surface area contributed by atoms with Crippen LogP contribution in [0.4, 0.5) is 0 Å². The number of benzene rings is 8. The number of aromatic nitrogens is 3. The smallest absolute Gasteiger partial charge is 0.167 e. The lowest BCUT2D eigenvalue weighted by molar-refractivity contribution is 0.669. The first kappa shape index (κ1) is 31.9. The maximum atomic E-state index is 6.77. The molecule has 11 rings (SSSR count).